The van der Waals surface area contributed by atoms with Crippen molar-refractivity contribution >= 4 is 11.7 Å². The van der Waals surface area contributed by atoms with Crippen molar-refractivity contribution in [3.05, 3.63) is 24.4 Å². The molecule has 0 radical (unpaired) electrons. The molecule has 0 unspecified atom stereocenters. The Labute approximate surface area is 56.8 Å². The first kappa shape index (κ1) is 4.88. The minimum absolute atomic E-state index is 1.04. The minimum Gasteiger partial charge on any atom is -0.183 e. The first-order valence-corrected chi connectivity index (χ1v) is 3.36. The standard InChI is InChI=1S/C6H4N2S/c1-2-5-4-7-9-8-6(5)3-1/h1-4H. The van der Waals surface area contributed by atoms with Crippen molar-refractivity contribution in [3.63, 3.8) is 0 Å². The second kappa shape index (κ2) is 1.77. The number of hydrogen-bond acceptors (Lipinski definition) is 3. The van der Waals surface area contributed by atoms with Crippen LogP contribution in [0.3, 0.4) is 0 Å². The summed E-state index contributed by atoms with van der Waals surface area (Å²) in [6, 6.07) is 5.96. The number of fused-ring (bicyclic) bond motifs is 1. The summed E-state index contributed by atoms with van der Waals surface area (Å²) in [6.07, 6.45) is 1.83. The maximum atomic E-state index is 4.07. The lowest BCUT2D eigenvalue weighted by Gasteiger charge is -1.88. The highest BCUT2D eigenvalue weighted by Crippen LogP contribution is 2.17. The summed E-state index contributed by atoms with van der Waals surface area (Å²) in [4.78, 5) is 0. The van der Waals surface area contributed by atoms with Crippen molar-refractivity contribution in [2.75, 3.05) is 0 Å². The summed E-state index contributed by atoms with van der Waals surface area (Å²) in [5.74, 6) is 0. The molecule has 0 aromatic heterocycles. The summed E-state index contributed by atoms with van der Waals surface area (Å²) in [5.41, 5.74) is 2.16. The van der Waals surface area contributed by atoms with E-state index in [1.165, 1.54) is 11.7 Å². The third kappa shape index (κ3) is 0.695. The van der Waals surface area contributed by atoms with Crippen LogP contribution in [0.4, 0.5) is 0 Å². The van der Waals surface area contributed by atoms with Gasteiger partial charge in [0.05, 0.1) is 23.6 Å². The molecule has 0 aromatic rings. The molecule has 2 nitrogen and oxygen atoms in total. The van der Waals surface area contributed by atoms with Crippen LogP contribution in [0.25, 0.3) is 11.3 Å². The first-order valence-electron chi connectivity index (χ1n) is 2.63. The van der Waals surface area contributed by atoms with Crippen LogP contribution in [-0.2, 0) is 0 Å². The van der Waals surface area contributed by atoms with E-state index in [2.05, 4.69) is 8.75 Å². The number of aromatic nitrogens is 2. The molecule has 0 amide bonds. The Balaban J connectivity index is 2.79. The molecule has 0 spiro atoms. The summed E-state index contributed by atoms with van der Waals surface area (Å²) >= 11 is 1.24. The lowest BCUT2D eigenvalue weighted by molar-refractivity contribution is 1.42. The predicted molar refractivity (Wildman–Crippen MR) is 36.5 cm³/mol. The van der Waals surface area contributed by atoms with Gasteiger partial charge in [-0.2, -0.15) is 8.75 Å². The quantitative estimate of drug-likeness (QED) is 0.550. The van der Waals surface area contributed by atoms with Gasteiger partial charge in [0.1, 0.15) is 0 Å². The SMILES string of the molecule is c1cc2cnsnc-2c1. The van der Waals surface area contributed by atoms with Gasteiger partial charge in [-0.15, -0.1) is 0 Å². The normalized spacial score (nSPS) is 10.2. The summed E-state index contributed by atoms with van der Waals surface area (Å²) in [5, 5.41) is 0. The van der Waals surface area contributed by atoms with E-state index >= 15 is 0 Å². The van der Waals surface area contributed by atoms with Gasteiger partial charge in [-0.1, -0.05) is 12.1 Å². The molecule has 3 heteroatoms. The molecule has 1 aliphatic heterocycles. The molecule has 0 saturated carbocycles. The van der Waals surface area contributed by atoms with Crippen molar-refractivity contribution in [3.8, 4) is 11.3 Å². The Bertz CT molecular complexity index is 251. The molecule has 1 aliphatic carbocycles. The third-order valence-electron chi connectivity index (χ3n) is 1.20. The molecule has 0 aromatic carbocycles. The monoisotopic (exact) mass is 136 g/mol. The van der Waals surface area contributed by atoms with E-state index < -0.39 is 0 Å². The van der Waals surface area contributed by atoms with Crippen LogP contribution < -0.4 is 0 Å². The van der Waals surface area contributed by atoms with Crippen LogP contribution in [0.15, 0.2) is 24.4 Å². The number of nitrogens with zero attached hydrogens (tertiary/aromatic N) is 2. The van der Waals surface area contributed by atoms with Gasteiger partial charge in [-0.3, -0.25) is 0 Å². The Kier molecular flexibility index (Phi) is 0.960. The lowest BCUT2D eigenvalue weighted by Crippen LogP contribution is -1.75. The molecule has 0 saturated heterocycles. The Morgan fingerprint density at radius 3 is 3.22 bits per heavy atom. The van der Waals surface area contributed by atoms with Gasteiger partial charge in [-0.05, 0) is 6.07 Å². The Morgan fingerprint density at radius 2 is 2.33 bits per heavy atom. The van der Waals surface area contributed by atoms with Gasteiger partial charge < -0.3 is 0 Å². The van der Waals surface area contributed by atoms with Crippen LogP contribution in [0.5, 0.6) is 0 Å². The molecule has 1 heterocycles. The summed E-state index contributed by atoms with van der Waals surface area (Å²) in [6.45, 7) is 0. The van der Waals surface area contributed by atoms with E-state index in [0.29, 0.717) is 0 Å². The fourth-order valence-electron chi connectivity index (χ4n) is 0.765. The summed E-state index contributed by atoms with van der Waals surface area (Å²) in [7, 11) is 0. The smallest absolute Gasteiger partial charge is 0.0863 e. The predicted octanol–water partition coefficient (Wildman–Crippen LogP) is 1.64. The van der Waals surface area contributed by atoms with E-state index in [9.17, 15) is 0 Å². The van der Waals surface area contributed by atoms with Crippen molar-refractivity contribution in [2.24, 2.45) is 0 Å². The molecule has 0 bridgehead atoms. The van der Waals surface area contributed by atoms with Gasteiger partial charge in [0.25, 0.3) is 0 Å². The average molecular weight is 136 g/mol. The van der Waals surface area contributed by atoms with Gasteiger partial charge >= 0.3 is 0 Å². The number of hydrogen-bond donors (Lipinski definition) is 0. The van der Waals surface area contributed by atoms with E-state index in [4.69, 9.17) is 0 Å². The fourth-order valence-corrected chi connectivity index (χ4v) is 1.23. The lowest BCUT2D eigenvalue weighted by atomic mass is 10.3. The molecular formula is C6H4N2S. The maximum absolute atomic E-state index is 4.07. The van der Waals surface area contributed by atoms with Crippen molar-refractivity contribution < 1.29 is 0 Å². The van der Waals surface area contributed by atoms with E-state index in [-0.39, 0.29) is 0 Å². The summed E-state index contributed by atoms with van der Waals surface area (Å²) < 4.78 is 7.99. The minimum atomic E-state index is 1.04. The molecule has 9 heavy (non-hydrogen) atoms. The highest BCUT2D eigenvalue weighted by atomic mass is 32.1. The zero-order chi connectivity index (χ0) is 6.10. The van der Waals surface area contributed by atoms with Crippen molar-refractivity contribution in [1.29, 1.82) is 0 Å². The largest absolute Gasteiger partial charge is 0.183 e. The molecule has 2 rings (SSSR count). The zero-order valence-corrected chi connectivity index (χ0v) is 5.43. The fraction of sp³-hybridized carbons (Fsp3) is 0. The van der Waals surface area contributed by atoms with Crippen LogP contribution in [0, 0.1) is 0 Å². The van der Waals surface area contributed by atoms with Gasteiger partial charge in [0.15, 0.2) is 0 Å². The highest BCUT2D eigenvalue weighted by molar-refractivity contribution is 6.99. The van der Waals surface area contributed by atoms with E-state index in [1.54, 1.807) is 0 Å². The second-order valence-corrected chi connectivity index (χ2v) is 2.33. The van der Waals surface area contributed by atoms with Gasteiger partial charge in [0, 0.05) is 5.56 Å². The third-order valence-corrected chi connectivity index (χ3v) is 1.68. The molecular weight excluding hydrogens is 132 g/mol. The van der Waals surface area contributed by atoms with Crippen molar-refractivity contribution in [2.45, 2.75) is 0 Å². The second-order valence-electron chi connectivity index (χ2n) is 1.77. The van der Waals surface area contributed by atoms with Crippen molar-refractivity contribution in [1.82, 2.24) is 8.75 Å². The number of rotatable bonds is 0. The van der Waals surface area contributed by atoms with Gasteiger partial charge in [-0.25, -0.2) is 0 Å². The Morgan fingerprint density at radius 1 is 1.33 bits per heavy atom. The molecule has 2 aliphatic rings. The van der Waals surface area contributed by atoms with Gasteiger partial charge in [0.2, 0.25) is 0 Å². The molecule has 0 atom stereocenters. The zero-order valence-electron chi connectivity index (χ0n) is 4.61. The van der Waals surface area contributed by atoms with E-state index in [0.717, 1.165) is 11.3 Å². The molecule has 44 valence electrons. The van der Waals surface area contributed by atoms with Crippen LogP contribution in [0.2, 0.25) is 0 Å². The van der Waals surface area contributed by atoms with E-state index in [1.807, 2.05) is 24.4 Å². The highest BCUT2D eigenvalue weighted by Gasteiger charge is 1.99. The molecule has 0 N–H and O–H groups in total. The topological polar surface area (TPSA) is 25.8 Å². The first-order chi connectivity index (χ1) is 4.47. The molecule has 0 fully saturated rings. The Hall–Kier alpha value is -0.960. The van der Waals surface area contributed by atoms with Crippen LogP contribution in [0.1, 0.15) is 0 Å². The van der Waals surface area contributed by atoms with Crippen LogP contribution in [-0.4, -0.2) is 8.75 Å². The maximum Gasteiger partial charge on any atom is 0.0863 e. The van der Waals surface area contributed by atoms with Crippen LogP contribution >= 0.6 is 11.7 Å². The average Bonchev–Trinajstić information content (AvgIpc) is 2.33.